The van der Waals surface area contributed by atoms with Gasteiger partial charge in [0.2, 0.25) is 11.8 Å². The van der Waals surface area contributed by atoms with Gasteiger partial charge in [0, 0.05) is 11.1 Å². The Morgan fingerprint density at radius 2 is 0.766 bits per heavy atom. The predicted molar refractivity (Wildman–Crippen MR) is 188 cm³/mol. The van der Waals surface area contributed by atoms with Crippen molar-refractivity contribution in [1.29, 1.82) is 0 Å². The molecule has 0 N–H and O–H groups in total. The van der Waals surface area contributed by atoms with Gasteiger partial charge < -0.3 is 8.83 Å². The van der Waals surface area contributed by atoms with Gasteiger partial charge in [0.15, 0.2) is 11.2 Å². The second kappa shape index (κ2) is 11.3. The van der Waals surface area contributed by atoms with E-state index in [4.69, 9.17) is 28.8 Å². The molecule has 0 saturated carbocycles. The van der Waals surface area contributed by atoms with E-state index < -0.39 is 0 Å². The summed E-state index contributed by atoms with van der Waals surface area (Å²) in [6.45, 7) is 0. The fraction of sp³-hybridized carbons (Fsp3) is 0. The Bertz CT molecular complexity index is 2290. The van der Waals surface area contributed by atoms with Gasteiger partial charge in [-0.1, -0.05) is 97.1 Å². The van der Waals surface area contributed by atoms with Gasteiger partial charge in [0.05, 0.1) is 21.1 Å². The molecule has 5 aromatic heterocycles. The Balaban J connectivity index is 1.27. The highest BCUT2D eigenvalue weighted by Gasteiger charge is 2.25. The van der Waals surface area contributed by atoms with Crippen LogP contribution in [0.2, 0.25) is 0 Å². The Hall–Kier alpha value is -6.18. The van der Waals surface area contributed by atoms with Crippen LogP contribution in [0.4, 0.5) is 0 Å². The van der Waals surface area contributed by atoms with Crippen LogP contribution in [-0.4, -0.2) is 19.9 Å². The summed E-state index contributed by atoms with van der Waals surface area (Å²) in [4.78, 5) is 21.8. The number of benzene rings is 4. The molecule has 0 fully saturated rings. The average molecular weight is 625 g/mol. The third-order valence-electron chi connectivity index (χ3n) is 8.02. The summed E-state index contributed by atoms with van der Waals surface area (Å²) in [6.07, 6.45) is 0. The van der Waals surface area contributed by atoms with E-state index in [2.05, 4.69) is 48.5 Å². The van der Waals surface area contributed by atoms with Crippen molar-refractivity contribution in [2.45, 2.75) is 0 Å². The van der Waals surface area contributed by atoms with Crippen molar-refractivity contribution in [3.8, 4) is 66.6 Å². The molecule has 222 valence electrons. The lowest BCUT2D eigenvalue weighted by atomic mass is 9.93. The summed E-state index contributed by atoms with van der Waals surface area (Å²) < 4.78 is 12.2. The van der Waals surface area contributed by atoms with E-state index in [-0.39, 0.29) is 0 Å². The highest BCUT2D eigenvalue weighted by molar-refractivity contribution is 7.20. The molecule has 0 saturated heterocycles. The summed E-state index contributed by atoms with van der Waals surface area (Å²) in [5, 5.41) is 0. The molecule has 7 heteroatoms. The van der Waals surface area contributed by atoms with Crippen molar-refractivity contribution in [3.05, 3.63) is 146 Å². The smallest absolute Gasteiger partial charge is 0.246 e. The number of para-hydroxylation sites is 4. The topological polar surface area (TPSA) is 77.8 Å². The van der Waals surface area contributed by atoms with Crippen LogP contribution in [0, 0.1) is 0 Å². The van der Waals surface area contributed by atoms with Gasteiger partial charge in [-0.25, -0.2) is 19.9 Å². The molecule has 47 heavy (non-hydrogen) atoms. The van der Waals surface area contributed by atoms with Crippen molar-refractivity contribution in [1.82, 2.24) is 19.9 Å². The normalized spacial score (nSPS) is 11.4. The summed E-state index contributed by atoms with van der Waals surface area (Å²) in [7, 11) is 0. The van der Waals surface area contributed by atoms with E-state index in [1.54, 1.807) is 11.3 Å². The van der Waals surface area contributed by atoms with E-state index in [0.717, 1.165) is 65.6 Å². The lowest BCUT2D eigenvalue weighted by Gasteiger charge is -2.11. The van der Waals surface area contributed by atoms with Crippen molar-refractivity contribution >= 4 is 33.5 Å². The summed E-state index contributed by atoms with van der Waals surface area (Å²) in [5.41, 5.74) is 10.4. The number of fused-ring (bicyclic) bond motifs is 2. The highest BCUT2D eigenvalue weighted by Crippen LogP contribution is 2.51. The van der Waals surface area contributed by atoms with E-state index in [9.17, 15) is 0 Å². The number of aromatic nitrogens is 4. The third kappa shape index (κ3) is 4.90. The SMILES string of the molecule is c1ccc(-c2c(-c3cccc(-c4nc5ccccc5o4)n3)sc(-c3cccc(-c4nc5ccccc5o4)n3)c2-c2ccccc2)cc1. The molecule has 0 aliphatic heterocycles. The number of hydrogen-bond donors (Lipinski definition) is 0. The zero-order chi connectivity index (χ0) is 31.2. The average Bonchev–Trinajstić information content (AvgIpc) is 3.88. The fourth-order valence-corrected chi connectivity index (χ4v) is 7.16. The summed E-state index contributed by atoms with van der Waals surface area (Å²) in [6, 6.07) is 48.5. The molecule has 0 atom stereocenters. The molecule has 0 spiro atoms. The second-order valence-corrected chi connectivity index (χ2v) is 12.1. The Kier molecular flexibility index (Phi) is 6.54. The number of oxazole rings is 2. The minimum atomic E-state index is 0.488. The van der Waals surface area contributed by atoms with Gasteiger partial charge in [-0.05, 0) is 59.7 Å². The molecule has 0 aliphatic rings. The standard InChI is InChI=1S/C40H24N4O2S/c1-3-13-25(14-4-1)35-36(26-15-5-2-6-16-26)38(30-20-12-22-32(42-30)40-44-28-18-8-10-24-34(28)46-40)47-37(35)29-19-11-21-31(41-29)39-43-27-17-7-9-23-33(27)45-39/h1-24H. The van der Waals surface area contributed by atoms with Crippen LogP contribution in [0.1, 0.15) is 0 Å². The van der Waals surface area contributed by atoms with Gasteiger partial charge in [0.25, 0.3) is 0 Å². The molecule has 4 aromatic carbocycles. The Labute approximate surface area is 273 Å². The Morgan fingerprint density at radius 3 is 1.21 bits per heavy atom. The van der Waals surface area contributed by atoms with Crippen molar-refractivity contribution in [2.75, 3.05) is 0 Å². The maximum Gasteiger partial charge on any atom is 0.246 e. The quantitative estimate of drug-likeness (QED) is 0.183. The van der Waals surface area contributed by atoms with Crippen LogP contribution < -0.4 is 0 Å². The molecule has 0 bridgehead atoms. The predicted octanol–water partition coefficient (Wildman–Crippen LogP) is 10.8. The van der Waals surface area contributed by atoms with E-state index in [0.29, 0.717) is 23.2 Å². The number of nitrogens with zero attached hydrogens (tertiary/aromatic N) is 4. The van der Waals surface area contributed by atoms with Crippen LogP contribution in [-0.2, 0) is 0 Å². The zero-order valence-corrected chi connectivity index (χ0v) is 25.7. The monoisotopic (exact) mass is 624 g/mol. The first-order valence-corrected chi connectivity index (χ1v) is 16.0. The first-order valence-electron chi connectivity index (χ1n) is 15.2. The Morgan fingerprint density at radius 1 is 0.362 bits per heavy atom. The first-order chi connectivity index (χ1) is 23.3. The lowest BCUT2D eigenvalue weighted by molar-refractivity contribution is 0.616. The van der Waals surface area contributed by atoms with Gasteiger partial charge in [0.1, 0.15) is 22.4 Å². The molecular formula is C40H24N4O2S. The zero-order valence-electron chi connectivity index (χ0n) is 24.9. The number of pyridine rings is 2. The largest absolute Gasteiger partial charge is 0.435 e. The van der Waals surface area contributed by atoms with Crippen molar-refractivity contribution in [3.63, 3.8) is 0 Å². The van der Waals surface area contributed by atoms with Crippen LogP contribution in [0.15, 0.2) is 154 Å². The summed E-state index contributed by atoms with van der Waals surface area (Å²) >= 11 is 1.67. The minimum absolute atomic E-state index is 0.488. The molecular weight excluding hydrogens is 601 g/mol. The molecule has 0 unspecified atom stereocenters. The van der Waals surface area contributed by atoms with Gasteiger partial charge in [-0.15, -0.1) is 11.3 Å². The first kappa shape index (κ1) is 27.2. The molecule has 9 rings (SSSR count). The van der Waals surface area contributed by atoms with Crippen molar-refractivity contribution < 1.29 is 8.83 Å². The number of rotatable bonds is 6. The molecule has 0 radical (unpaired) electrons. The van der Waals surface area contributed by atoms with E-state index in [1.807, 2.05) is 97.1 Å². The van der Waals surface area contributed by atoms with E-state index >= 15 is 0 Å². The van der Waals surface area contributed by atoms with Gasteiger partial charge in [-0.2, -0.15) is 0 Å². The fourth-order valence-electron chi connectivity index (χ4n) is 5.88. The van der Waals surface area contributed by atoms with E-state index in [1.165, 1.54) is 0 Å². The number of thiophene rings is 1. The van der Waals surface area contributed by atoms with Gasteiger partial charge in [-0.3, -0.25) is 0 Å². The third-order valence-corrected chi connectivity index (χ3v) is 9.26. The van der Waals surface area contributed by atoms with Crippen LogP contribution in [0.5, 0.6) is 0 Å². The molecule has 5 heterocycles. The molecule has 0 aliphatic carbocycles. The summed E-state index contributed by atoms with van der Waals surface area (Å²) in [5.74, 6) is 0.976. The molecule has 0 amide bonds. The van der Waals surface area contributed by atoms with Crippen LogP contribution in [0.25, 0.3) is 88.8 Å². The second-order valence-electron chi connectivity index (χ2n) is 11.0. The van der Waals surface area contributed by atoms with Gasteiger partial charge >= 0.3 is 0 Å². The molecule has 6 nitrogen and oxygen atoms in total. The maximum absolute atomic E-state index is 6.11. The van der Waals surface area contributed by atoms with Crippen LogP contribution in [0.3, 0.4) is 0 Å². The lowest BCUT2D eigenvalue weighted by Crippen LogP contribution is -1.90. The van der Waals surface area contributed by atoms with Crippen molar-refractivity contribution in [2.24, 2.45) is 0 Å². The highest BCUT2D eigenvalue weighted by atomic mass is 32.1. The molecule has 9 aromatic rings. The number of hydrogen-bond acceptors (Lipinski definition) is 7. The minimum Gasteiger partial charge on any atom is -0.435 e. The van der Waals surface area contributed by atoms with Crippen LogP contribution >= 0.6 is 11.3 Å². The maximum atomic E-state index is 6.11.